The summed E-state index contributed by atoms with van der Waals surface area (Å²) in [5, 5.41) is 3.16. The van der Waals surface area contributed by atoms with Crippen molar-refractivity contribution in [2.75, 3.05) is 17.7 Å². The van der Waals surface area contributed by atoms with Crippen LogP contribution in [0, 0.1) is 6.92 Å². The topological polar surface area (TPSA) is 55.0 Å². The molecule has 84 valence electrons. The second kappa shape index (κ2) is 4.49. The lowest BCUT2D eigenvalue weighted by Crippen LogP contribution is -2.18. The van der Waals surface area contributed by atoms with Gasteiger partial charge in [0.1, 0.15) is 0 Å². The van der Waals surface area contributed by atoms with Crippen LogP contribution in [0.2, 0.25) is 0 Å². The van der Waals surface area contributed by atoms with Gasteiger partial charge in [-0.2, -0.15) is 0 Å². The van der Waals surface area contributed by atoms with Gasteiger partial charge in [-0.25, -0.2) is 4.98 Å². The number of hydrogen-bond acceptors (Lipinski definition) is 5. The van der Waals surface area contributed by atoms with Crippen molar-refractivity contribution in [3.8, 4) is 0 Å². The van der Waals surface area contributed by atoms with Gasteiger partial charge in [0.2, 0.25) is 0 Å². The van der Waals surface area contributed by atoms with E-state index in [1.165, 1.54) is 0 Å². The predicted molar refractivity (Wildman–Crippen MR) is 67.6 cm³/mol. The van der Waals surface area contributed by atoms with E-state index < -0.39 is 0 Å². The molecule has 16 heavy (non-hydrogen) atoms. The molecular formula is C11H14N4S. The number of thiazole rings is 1. The summed E-state index contributed by atoms with van der Waals surface area (Å²) < 4.78 is 0. The Morgan fingerprint density at radius 2 is 2.31 bits per heavy atom. The molecule has 0 unspecified atom stereocenters. The molecule has 0 aliphatic carbocycles. The number of nitrogens with zero attached hydrogens (tertiary/aromatic N) is 3. The first-order valence-corrected chi connectivity index (χ1v) is 5.86. The molecule has 5 heteroatoms. The fourth-order valence-electron chi connectivity index (χ4n) is 1.56. The minimum Gasteiger partial charge on any atom is -0.396 e. The van der Waals surface area contributed by atoms with E-state index in [-0.39, 0.29) is 0 Å². The normalized spacial score (nSPS) is 10.4. The molecule has 0 amide bonds. The third-order valence-electron chi connectivity index (χ3n) is 2.30. The molecule has 0 saturated heterocycles. The highest BCUT2D eigenvalue weighted by molar-refractivity contribution is 7.09. The number of aromatic nitrogens is 2. The van der Waals surface area contributed by atoms with Gasteiger partial charge in [0.05, 0.1) is 34.8 Å². The Balaban J connectivity index is 2.14. The average molecular weight is 234 g/mol. The summed E-state index contributed by atoms with van der Waals surface area (Å²) in [6, 6.07) is 1.91. The molecule has 0 bridgehead atoms. The molecule has 2 heterocycles. The molecule has 0 aliphatic rings. The summed E-state index contributed by atoms with van der Waals surface area (Å²) in [5.74, 6) is 0. The average Bonchev–Trinajstić information content (AvgIpc) is 2.64. The fourth-order valence-corrected chi connectivity index (χ4v) is 2.16. The van der Waals surface area contributed by atoms with Crippen LogP contribution in [0.3, 0.4) is 0 Å². The van der Waals surface area contributed by atoms with Crippen LogP contribution in [0.4, 0.5) is 11.4 Å². The zero-order valence-electron chi connectivity index (χ0n) is 9.34. The van der Waals surface area contributed by atoms with Crippen molar-refractivity contribution in [1.82, 2.24) is 9.97 Å². The zero-order valence-corrected chi connectivity index (χ0v) is 10.2. The Morgan fingerprint density at radius 3 is 2.94 bits per heavy atom. The highest BCUT2D eigenvalue weighted by atomic mass is 32.1. The highest BCUT2D eigenvalue weighted by Crippen LogP contribution is 2.21. The fraction of sp³-hybridized carbons (Fsp3) is 0.273. The van der Waals surface area contributed by atoms with Crippen LogP contribution in [0.15, 0.2) is 23.8 Å². The van der Waals surface area contributed by atoms with Crippen molar-refractivity contribution in [1.29, 1.82) is 0 Å². The molecule has 0 aromatic carbocycles. The molecule has 2 rings (SSSR count). The standard InChI is InChI=1S/C11H14N4S/c1-8-14-9(7-16-8)6-15(2)11-3-4-13-5-10(11)12/h3-5,7H,6,12H2,1-2H3. The Morgan fingerprint density at radius 1 is 1.50 bits per heavy atom. The molecule has 0 atom stereocenters. The van der Waals surface area contributed by atoms with E-state index in [1.807, 2.05) is 20.0 Å². The molecule has 0 saturated carbocycles. The largest absolute Gasteiger partial charge is 0.396 e. The summed E-state index contributed by atoms with van der Waals surface area (Å²) in [6.45, 7) is 2.77. The lowest BCUT2D eigenvalue weighted by molar-refractivity contribution is 0.890. The van der Waals surface area contributed by atoms with Gasteiger partial charge in [-0.05, 0) is 13.0 Å². The summed E-state index contributed by atoms with van der Waals surface area (Å²) >= 11 is 1.66. The second-order valence-electron chi connectivity index (χ2n) is 3.65. The number of hydrogen-bond donors (Lipinski definition) is 1. The third-order valence-corrected chi connectivity index (χ3v) is 3.13. The summed E-state index contributed by atoms with van der Waals surface area (Å²) in [7, 11) is 2.00. The molecular weight excluding hydrogens is 220 g/mol. The number of rotatable bonds is 3. The third kappa shape index (κ3) is 2.30. The Labute approximate surface area is 98.8 Å². The molecule has 0 fully saturated rings. The smallest absolute Gasteiger partial charge is 0.0898 e. The molecule has 0 spiro atoms. The number of nitrogens with two attached hydrogens (primary N) is 1. The van der Waals surface area contributed by atoms with Crippen molar-refractivity contribution in [2.24, 2.45) is 0 Å². The van der Waals surface area contributed by atoms with Crippen LogP contribution in [0.1, 0.15) is 10.7 Å². The van der Waals surface area contributed by atoms with Crippen LogP contribution >= 0.6 is 11.3 Å². The quantitative estimate of drug-likeness (QED) is 0.883. The van der Waals surface area contributed by atoms with E-state index >= 15 is 0 Å². The van der Waals surface area contributed by atoms with Gasteiger partial charge < -0.3 is 10.6 Å². The van der Waals surface area contributed by atoms with Gasteiger partial charge in [0.25, 0.3) is 0 Å². The SMILES string of the molecule is Cc1nc(CN(C)c2ccncc2N)cs1. The number of aryl methyl sites for hydroxylation is 1. The summed E-state index contributed by atoms with van der Waals surface area (Å²) in [4.78, 5) is 10.5. The van der Waals surface area contributed by atoms with Crippen LogP contribution in [-0.4, -0.2) is 17.0 Å². The number of nitrogen functional groups attached to an aromatic ring is 1. The maximum atomic E-state index is 5.86. The first-order valence-electron chi connectivity index (χ1n) is 4.98. The molecule has 2 aromatic rings. The molecule has 0 radical (unpaired) electrons. The van der Waals surface area contributed by atoms with E-state index in [0.717, 1.165) is 22.9 Å². The van der Waals surface area contributed by atoms with Gasteiger partial charge in [0, 0.05) is 18.6 Å². The van der Waals surface area contributed by atoms with Crippen molar-refractivity contribution in [2.45, 2.75) is 13.5 Å². The molecule has 2 aromatic heterocycles. The van der Waals surface area contributed by atoms with E-state index in [4.69, 9.17) is 5.73 Å². The van der Waals surface area contributed by atoms with Gasteiger partial charge in [-0.1, -0.05) is 0 Å². The van der Waals surface area contributed by atoms with Gasteiger partial charge in [-0.15, -0.1) is 11.3 Å². The maximum absolute atomic E-state index is 5.86. The molecule has 4 nitrogen and oxygen atoms in total. The van der Waals surface area contributed by atoms with Crippen molar-refractivity contribution in [3.05, 3.63) is 34.5 Å². The lowest BCUT2D eigenvalue weighted by Gasteiger charge is -2.19. The predicted octanol–water partition coefficient (Wildman–Crippen LogP) is 2.07. The van der Waals surface area contributed by atoms with E-state index in [9.17, 15) is 0 Å². The maximum Gasteiger partial charge on any atom is 0.0898 e. The second-order valence-corrected chi connectivity index (χ2v) is 4.71. The molecule has 0 aliphatic heterocycles. The minimum atomic E-state index is 0.692. The van der Waals surface area contributed by atoms with Crippen LogP contribution < -0.4 is 10.6 Å². The summed E-state index contributed by atoms with van der Waals surface area (Å²) in [6.07, 6.45) is 3.41. The van der Waals surface area contributed by atoms with Crippen molar-refractivity contribution < 1.29 is 0 Å². The van der Waals surface area contributed by atoms with Crippen LogP contribution in [0.25, 0.3) is 0 Å². The first kappa shape index (κ1) is 10.9. The molecule has 2 N–H and O–H groups in total. The van der Waals surface area contributed by atoms with Gasteiger partial charge >= 0.3 is 0 Å². The summed E-state index contributed by atoms with van der Waals surface area (Å²) in [5.41, 5.74) is 8.61. The highest BCUT2D eigenvalue weighted by Gasteiger charge is 2.07. The number of anilines is 2. The zero-order chi connectivity index (χ0) is 11.5. The van der Waals surface area contributed by atoms with Crippen LogP contribution in [-0.2, 0) is 6.54 Å². The number of pyridine rings is 1. The van der Waals surface area contributed by atoms with E-state index in [0.29, 0.717) is 5.69 Å². The van der Waals surface area contributed by atoms with Gasteiger partial charge in [-0.3, -0.25) is 4.98 Å². The van der Waals surface area contributed by atoms with Gasteiger partial charge in [0.15, 0.2) is 0 Å². The minimum absolute atomic E-state index is 0.692. The van der Waals surface area contributed by atoms with Crippen LogP contribution in [0.5, 0.6) is 0 Å². The monoisotopic (exact) mass is 234 g/mol. The van der Waals surface area contributed by atoms with Crippen molar-refractivity contribution in [3.63, 3.8) is 0 Å². The lowest BCUT2D eigenvalue weighted by atomic mass is 10.3. The Kier molecular flexibility index (Phi) is 3.05. The Bertz CT molecular complexity index is 480. The first-order chi connectivity index (χ1) is 7.66. The van der Waals surface area contributed by atoms with E-state index in [1.54, 1.807) is 23.7 Å². The van der Waals surface area contributed by atoms with E-state index in [2.05, 4.69) is 20.2 Å². The Hall–Kier alpha value is -1.62. The van der Waals surface area contributed by atoms with Crippen molar-refractivity contribution >= 4 is 22.7 Å².